The smallest absolute Gasteiger partial charge is 0.406 e. The lowest BCUT2D eigenvalue weighted by molar-refractivity contribution is -0.274. The third kappa shape index (κ3) is 3.84. The maximum Gasteiger partial charge on any atom is 0.573 e. The van der Waals surface area contributed by atoms with E-state index >= 15 is 0 Å². The van der Waals surface area contributed by atoms with Crippen LogP contribution in [0.25, 0.3) is 11.0 Å². The lowest BCUT2D eigenvalue weighted by Gasteiger charge is -2.44. The van der Waals surface area contributed by atoms with Gasteiger partial charge in [-0.3, -0.25) is 9.47 Å². The number of rotatable bonds is 3. The third-order valence-electron chi connectivity index (χ3n) is 5.89. The van der Waals surface area contributed by atoms with Gasteiger partial charge in [-0.05, 0) is 25.0 Å². The second-order valence-corrected chi connectivity index (χ2v) is 7.50. The van der Waals surface area contributed by atoms with Crippen molar-refractivity contribution in [3.63, 3.8) is 0 Å². The lowest BCUT2D eigenvalue weighted by Crippen LogP contribution is -2.54. The maximum atomic E-state index is 12.6. The summed E-state index contributed by atoms with van der Waals surface area (Å²) in [5, 5.41) is 9.74. The Balaban J connectivity index is 1.56. The minimum absolute atomic E-state index is 0.163. The number of nitriles is 1. The van der Waals surface area contributed by atoms with Crippen LogP contribution in [0, 0.1) is 11.3 Å². The zero-order chi connectivity index (χ0) is 20.6. The molecule has 0 amide bonds. The molecule has 0 aliphatic carbocycles. The molecular formula is C19H21F3N4O3. The van der Waals surface area contributed by atoms with Gasteiger partial charge in [-0.2, -0.15) is 5.26 Å². The Morgan fingerprint density at radius 3 is 2.55 bits per heavy atom. The number of hydrogen-bond donors (Lipinski definition) is 1. The van der Waals surface area contributed by atoms with Crippen LogP contribution in [-0.2, 0) is 4.74 Å². The molecule has 0 atom stereocenters. The summed E-state index contributed by atoms with van der Waals surface area (Å²) >= 11 is 0. The summed E-state index contributed by atoms with van der Waals surface area (Å²) in [6, 6.07) is 6.12. The van der Waals surface area contributed by atoms with E-state index in [1.165, 1.54) is 22.8 Å². The normalized spacial score (nSPS) is 21.2. The van der Waals surface area contributed by atoms with E-state index in [0.29, 0.717) is 63.0 Å². The van der Waals surface area contributed by atoms with E-state index in [2.05, 4.69) is 20.7 Å². The molecule has 7 nitrogen and oxygen atoms in total. The van der Waals surface area contributed by atoms with Gasteiger partial charge in [0.05, 0.1) is 17.1 Å². The quantitative estimate of drug-likeness (QED) is 0.841. The van der Waals surface area contributed by atoms with Gasteiger partial charge in [0.2, 0.25) is 0 Å². The maximum absolute atomic E-state index is 12.6. The number of likely N-dealkylation sites (tertiary alicyclic amines) is 1. The van der Waals surface area contributed by atoms with Crippen molar-refractivity contribution >= 4 is 11.0 Å². The van der Waals surface area contributed by atoms with Crippen LogP contribution in [0.2, 0.25) is 0 Å². The monoisotopic (exact) mass is 410 g/mol. The number of hydrogen-bond acceptors (Lipinski definition) is 5. The number of fused-ring (bicyclic) bond motifs is 1. The number of ether oxygens (including phenoxy) is 2. The zero-order valence-electron chi connectivity index (χ0n) is 15.7. The molecule has 29 heavy (non-hydrogen) atoms. The molecule has 0 saturated carbocycles. The van der Waals surface area contributed by atoms with Crippen molar-refractivity contribution in [3.8, 4) is 11.8 Å². The average molecular weight is 410 g/mol. The Morgan fingerprint density at radius 2 is 1.93 bits per heavy atom. The molecule has 1 N–H and O–H groups in total. The second-order valence-electron chi connectivity index (χ2n) is 7.50. The fourth-order valence-corrected chi connectivity index (χ4v) is 4.42. The number of aromatic amines is 1. The SMILES string of the molecule is N#CC1(N2CCC(n3c(=O)[nH]c4ccc(OC(F)(F)F)cc43)CC2)CCOCC1. The van der Waals surface area contributed by atoms with Gasteiger partial charge in [-0.1, -0.05) is 0 Å². The van der Waals surface area contributed by atoms with Crippen molar-refractivity contribution < 1.29 is 22.6 Å². The number of nitrogens with one attached hydrogen (secondary N) is 1. The number of imidazole rings is 1. The summed E-state index contributed by atoms with van der Waals surface area (Å²) in [7, 11) is 0. The van der Waals surface area contributed by atoms with Gasteiger partial charge in [0, 0.05) is 51.3 Å². The minimum atomic E-state index is -4.80. The van der Waals surface area contributed by atoms with E-state index in [-0.39, 0.29) is 17.5 Å². The predicted octanol–water partition coefficient (Wildman–Crippen LogP) is 2.94. The van der Waals surface area contributed by atoms with Gasteiger partial charge < -0.3 is 14.5 Å². The number of aromatic nitrogens is 2. The van der Waals surface area contributed by atoms with E-state index in [9.17, 15) is 23.2 Å². The molecule has 10 heteroatoms. The van der Waals surface area contributed by atoms with Crippen molar-refractivity contribution in [3.05, 3.63) is 28.7 Å². The van der Waals surface area contributed by atoms with Crippen LogP contribution in [-0.4, -0.2) is 52.7 Å². The first-order chi connectivity index (χ1) is 13.8. The van der Waals surface area contributed by atoms with E-state index in [0.717, 1.165) is 0 Å². The number of piperidine rings is 1. The molecule has 0 radical (unpaired) electrons. The highest BCUT2D eigenvalue weighted by atomic mass is 19.4. The molecule has 2 saturated heterocycles. The van der Waals surface area contributed by atoms with Gasteiger partial charge in [-0.25, -0.2) is 4.79 Å². The number of nitrogens with zero attached hydrogens (tertiary/aromatic N) is 3. The molecule has 2 fully saturated rings. The third-order valence-corrected chi connectivity index (χ3v) is 5.89. The molecule has 4 rings (SSSR count). The van der Waals surface area contributed by atoms with Crippen LogP contribution < -0.4 is 10.4 Å². The van der Waals surface area contributed by atoms with Gasteiger partial charge in [0.15, 0.2) is 0 Å². The molecule has 2 aliphatic heterocycles. The summed E-state index contributed by atoms with van der Waals surface area (Å²) in [5.74, 6) is -0.360. The first-order valence-corrected chi connectivity index (χ1v) is 9.55. The van der Waals surface area contributed by atoms with Gasteiger partial charge >= 0.3 is 12.1 Å². The summed E-state index contributed by atoms with van der Waals surface area (Å²) in [6.45, 7) is 2.38. The second kappa shape index (κ2) is 7.39. The van der Waals surface area contributed by atoms with Crippen LogP contribution in [0.3, 0.4) is 0 Å². The highest BCUT2D eigenvalue weighted by Crippen LogP contribution is 2.34. The Kier molecular flexibility index (Phi) is 5.04. The molecule has 2 aromatic rings. The van der Waals surface area contributed by atoms with Crippen molar-refractivity contribution in [1.82, 2.24) is 14.5 Å². The number of benzene rings is 1. The Hall–Kier alpha value is -2.51. The summed E-state index contributed by atoms with van der Waals surface area (Å²) < 4.78 is 48.6. The summed E-state index contributed by atoms with van der Waals surface area (Å²) in [4.78, 5) is 17.4. The highest BCUT2D eigenvalue weighted by molar-refractivity contribution is 5.77. The number of halogens is 3. The Labute approximate surface area is 164 Å². The molecule has 156 valence electrons. The van der Waals surface area contributed by atoms with Crippen LogP contribution in [0.4, 0.5) is 13.2 Å². The largest absolute Gasteiger partial charge is 0.573 e. The lowest BCUT2D eigenvalue weighted by atomic mass is 9.87. The van der Waals surface area contributed by atoms with E-state index in [4.69, 9.17) is 4.74 Å². The van der Waals surface area contributed by atoms with Crippen LogP contribution in [0.5, 0.6) is 5.75 Å². The minimum Gasteiger partial charge on any atom is -0.406 e. The van der Waals surface area contributed by atoms with Crippen molar-refractivity contribution in [1.29, 1.82) is 5.26 Å². The van der Waals surface area contributed by atoms with Crippen LogP contribution in [0.1, 0.15) is 31.7 Å². The summed E-state index contributed by atoms with van der Waals surface area (Å²) in [5.41, 5.74) is -0.0490. The Morgan fingerprint density at radius 1 is 1.24 bits per heavy atom. The number of H-pyrrole nitrogens is 1. The van der Waals surface area contributed by atoms with Crippen molar-refractivity contribution in [2.24, 2.45) is 0 Å². The van der Waals surface area contributed by atoms with Crippen molar-refractivity contribution in [2.75, 3.05) is 26.3 Å². The fraction of sp³-hybridized carbons (Fsp3) is 0.579. The van der Waals surface area contributed by atoms with E-state index in [1.54, 1.807) is 0 Å². The molecular weight excluding hydrogens is 389 g/mol. The molecule has 0 bridgehead atoms. The predicted molar refractivity (Wildman–Crippen MR) is 97.5 cm³/mol. The molecule has 0 spiro atoms. The summed E-state index contributed by atoms with van der Waals surface area (Å²) in [6.07, 6.45) is -2.24. The number of alkyl halides is 3. The fourth-order valence-electron chi connectivity index (χ4n) is 4.42. The van der Waals surface area contributed by atoms with E-state index in [1.807, 2.05) is 0 Å². The Bertz CT molecular complexity index is 977. The van der Waals surface area contributed by atoms with Gasteiger partial charge in [0.1, 0.15) is 11.3 Å². The molecule has 2 aliphatic rings. The molecule has 1 aromatic carbocycles. The standard InChI is InChI=1S/C19H21F3N4O3/c20-19(21,22)29-14-1-2-15-16(11-14)26(17(27)24-15)13-3-7-25(8-4-13)18(12-23)5-9-28-10-6-18/h1-2,11,13H,3-10H2,(H,24,27). The molecule has 1 aromatic heterocycles. The van der Waals surface area contributed by atoms with Crippen molar-refractivity contribution in [2.45, 2.75) is 43.6 Å². The first-order valence-electron chi connectivity index (χ1n) is 9.55. The topological polar surface area (TPSA) is 83.3 Å². The first kappa shape index (κ1) is 19.8. The van der Waals surface area contributed by atoms with Crippen LogP contribution in [0.15, 0.2) is 23.0 Å². The van der Waals surface area contributed by atoms with E-state index < -0.39 is 11.9 Å². The zero-order valence-corrected chi connectivity index (χ0v) is 15.7. The van der Waals surface area contributed by atoms with Gasteiger partial charge in [-0.15, -0.1) is 13.2 Å². The highest BCUT2D eigenvalue weighted by Gasteiger charge is 2.41. The average Bonchev–Trinajstić information content (AvgIpc) is 3.02. The molecule has 3 heterocycles. The van der Waals surface area contributed by atoms with Gasteiger partial charge in [0.25, 0.3) is 0 Å². The molecule has 0 unspecified atom stereocenters. The van der Waals surface area contributed by atoms with Crippen LogP contribution >= 0.6 is 0 Å².